The second-order valence-electron chi connectivity index (χ2n) is 5.24. The van der Waals surface area contributed by atoms with Crippen LogP contribution in [0.4, 0.5) is 4.39 Å². The van der Waals surface area contributed by atoms with Crippen LogP contribution in [0.15, 0.2) is 24.3 Å². The van der Waals surface area contributed by atoms with Crippen molar-refractivity contribution in [1.29, 1.82) is 0 Å². The normalized spacial score (nSPS) is 16.5. The molecule has 0 aromatic heterocycles. The Morgan fingerprint density at radius 3 is 2.23 bits per heavy atom. The first-order valence-corrected chi connectivity index (χ1v) is 7.55. The number of methoxy groups -OCH3 is 1. The molecule has 0 amide bonds. The minimum atomic E-state index is -0.349. The lowest BCUT2D eigenvalue weighted by Crippen LogP contribution is -2.47. The van der Waals surface area contributed by atoms with Gasteiger partial charge in [-0.05, 0) is 24.3 Å². The van der Waals surface area contributed by atoms with Crippen molar-refractivity contribution in [3.05, 3.63) is 29.8 Å². The number of esters is 1. The summed E-state index contributed by atoms with van der Waals surface area (Å²) in [6, 6.07) is 6.92. The maximum absolute atomic E-state index is 12.3. The SMILES string of the molecule is COC(=O)c1ccc(OCCN2CCN(CCF)CC2)cc1. The topological polar surface area (TPSA) is 42.0 Å². The van der Waals surface area contributed by atoms with E-state index >= 15 is 0 Å². The highest BCUT2D eigenvalue weighted by Crippen LogP contribution is 2.13. The van der Waals surface area contributed by atoms with Gasteiger partial charge in [-0.3, -0.25) is 9.80 Å². The number of carbonyl (C=O) groups excluding carboxylic acids is 1. The maximum atomic E-state index is 12.3. The molecule has 0 saturated carbocycles. The van der Waals surface area contributed by atoms with Crippen LogP contribution in [0.25, 0.3) is 0 Å². The molecule has 0 aliphatic carbocycles. The molecule has 1 fully saturated rings. The Morgan fingerprint density at radius 2 is 1.68 bits per heavy atom. The molecule has 0 radical (unpaired) electrons. The molecule has 1 aliphatic rings. The molecular weight excluding hydrogens is 287 g/mol. The summed E-state index contributed by atoms with van der Waals surface area (Å²) < 4.78 is 22.6. The van der Waals surface area contributed by atoms with Gasteiger partial charge in [-0.1, -0.05) is 0 Å². The van der Waals surface area contributed by atoms with Crippen molar-refractivity contribution in [1.82, 2.24) is 9.80 Å². The average Bonchev–Trinajstić information content (AvgIpc) is 2.56. The molecular formula is C16H23FN2O3. The number of benzene rings is 1. The van der Waals surface area contributed by atoms with Crippen LogP contribution in [0, 0.1) is 0 Å². The van der Waals surface area contributed by atoms with Crippen molar-refractivity contribution in [3.8, 4) is 5.75 Å². The van der Waals surface area contributed by atoms with Crippen molar-refractivity contribution in [2.45, 2.75) is 0 Å². The lowest BCUT2D eigenvalue weighted by Gasteiger charge is -2.33. The standard InChI is InChI=1S/C16H23FN2O3/c1-21-16(20)14-2-4-15(5-3-14)22-13-12-19-10-8-18(7-6-17)9-11-19/h2-5H,6-13H2,1H3. The molecule has 1 heterocycles. The van der Waals surface area contributed by atoms with Gasteiger partial charge in [-0.2, -0.15) is 0 Å². The third-order valence-electron chi connectivity index (χ3n) is 3.82. The van der Waals surface area contributed by atoms with Crippen molar-refractivity contribution >= 4 is 5.97 Å². The number of hydrogen-bond donors (Lipinski definition) is 0. The Balaban J connectivity index is 1.67. The van der Waals surface area contributed by atoms with E-state index in [1.54, 1.807) is 24.3 Å². The zero-order valence-electron chi connectivity index (χ0n) is 13.0. The van der Waals surface area contributed by atoms with Gasteiger partial charge in [0, 0.05) is 39.3 Å². The summed E-state index contributed by atoms with van der Waals surface area (Å²) in [5.41, 5.74) is 0.513. The number of rotatable bonds is 7. The van der Waals surface area contributed by atoms with Crippen molar-refractivity contribution in [2.24, 2.45) is 0 Å². The van der Waals surface area contributed by atoms with Crippen molar-refractivity contribution in [3.63, 3.8) is 0 Å². The molecule has 0 atom stereocenters. The summed E-state index contributed by atoms with van der Waals surface area (Å²) >= 11 is 0. The summed E-state index contributed by atoms with van der Waals surface area (Å²) in [5, 5.41) is 0. The van der Waals surface area contributed by atoms with Crippen LogP contribution in [0.2, 0.25) is 0 Å². The first-order valence-electron chi connectivity index (χ1n) is 7.55. The zero-order chi connectivity index (χ0) is 15.8. The van der Waals surface area contributed by atoms with E-state index < -0.39 is 0 Å². The zero-order valence-corrected chi connectivity index (χ0v) is 13.0. The second-order valence-corrected chi connectivity index (χ2v) is 5.24. The Bertz CT molecular complexity index is 459. The fourth-order valence-corrected chi connectivity index (χ4v) is 2.45. The summed E-state index contributed by atoms with van der Waals surface area (Å²) in [4.78, 5) is 15.8. The summed E-state index contributed by atoms with van der Waals surface area (Å²) in [6.45, 7) is 5.44. The van der Waals surface area contributed by atoms with E-state index in [2.05, 4.69) is 14.5 Å². The average molecular weight is 310 g/mol. The van der Waals surface area contributed by atoms with E-state index in [1.807, 2.05) is 0 Å². The first-order chi connectivity index (χ1) is 10.7. The molecule has 0 N–H and O–H groups in total. The smallest absolute Gasteiger partial charge is 0.337 e. The van der Waals surface area contributed by atoms with Gasteiger partial charge in [0.15, 0.2) is 0 Å². The molecule has 1 aromatic carbocycles. The van der Waals surface area contributed by atoms with Gasteiger partial charge < -0.3 is 9.47 Å². The summed E-state index contributed by atoms with van der Waals surface area (Å²) in [7, 11) is 1.36. The van der Waals surface area contributed by atoms with E-state index in [-0.39, 0.29) is 12.6 Å². The Labute approximate surface area is 130 Å². The number of ether oxygens (including phenoxy) is 2. The fraction of sp³-hybridized carbons (Fsp3) is 0.562. The highest BCUT2D eigenvalue weighted by Gasteiger charge is 2.16. The quantitative estimate of drug-likeness (QED) is 0.713. The van der Waals surface area contributed by atoms with Gasteiger partial charge in [0.2, 0.25) is 0 Å². The van der Waals surface area contributed by atoms with Crippen LogP contribution in [0.3, 0.4) is 0 Å². The number of hydrogen-bond acceptors (Lipinski definition) is 5. The molecule has 0 bridgehead atoms. The lowest BCUT2D eigenvalue weighted by molar-refractivity contribution is 0.0600. The van der Waals surface area contributed by atoms with Gasteiger partial charge in [0.25, 0.3) is 0 Å². The van der Waals surface area contributed by atoms with E-state index in [1.165, 1.54) is 7.11 Å². The molecule has 6 heteroatoms. The molecule has 0 spiro atoms. The Hall–Kier alpha value is -1.66. The van der Waals surface area contributed by atoms with Crippen molar-refractivity contribution in [2.75, 3.05) is 59.7 Å². The first kappa shape index (κ1) is 16.7. The number of piperazine rings is 1. The molecule has 22 heavy (non-hydrogen) atoms. The van der Waals surface area contributed by atoms with Gasteiger partial charge in [0.05, 0.1) is 12.7 Å². The van der Waals surface area contributed by atoms with Gasteiger partial charge in [0.1, 0.15) is 19.0 Å². The van der Waals surface area contributed by atoms with E-state index in [9.17, 15) is 9.18 Å². The molecule has 0 unspecified atom stereocenters. The fourth-order valence-electron chi connectivity index (χ4n) is 2.45. The van der Waals surface area contributed by atoms with Crippen LogP contribution in [-0.4, -0.2) is 75.4 Å². The van der Waals surface area contributed by atoms with Gasteiger partial charge >= 0.3 is 5.97 Å². The number of halogens is 1. The highest BCUT2D eigenvalue weighted by molar-refractivity contribution is 5.89. The second kappa shape index (κ2) is 8.70. The summed E-state index contributed by atoms with van der Waals surface area (Å²) in [6.07, 6.45) is 0. The predicted octanol–water partition coefficient (Wildman–Crippen LogP) is 1.44. The number of alkyl halides is 1. The maximum Gasteiger partial charge on any atom is 0.337 e. The van der Waals surface area contributed by atoms with Crippen LogP contribution in [0.1, 0.15) is 10.4 Å². The van der Waals surface area contributed by atoms with Crippen molar-refractivity contribution < 1.29 is 18.7 Å². The van der Waals surface area contributed by atoms with E-state index in [0.717, 1.165) is 38.5 Å². The largest absolute Gasteiger partial charge is 0.492 e. The van der Waals surface area contributed by atoms with E-state index in [0.29, 0.717) is 18.7 Å². The Kier molecular flexibility index (Phi) is 6.61. The molecule has 1 saturated heterocycles. The molecule has 5 nitrogen and oxygen atoms in total. The van der Waals surface area contributed by atoms with Crippen LogP contribution >= 0.6 is 0 Å². The van der Waals surface area contributed by atoms with Crippen LogP contribution in [0.5, 0.6) is 5.75 Å². The minimum Gasteiger partial charge on any atom is -0.492 e. The van der Waals surface area contributed by atoms with Gasteiger partial charge in [-0.25, -0.2) is 9.18 Å². The van der Waals surface area contributed by atoms with E-state index in [4.69, 9.17) is 4.74 Å². The number of nitrogens with zero attached hydrogens (tertiary/aromatic N) is 2. The predicted molar refractivity (Wildman–Crippen MR) is 82.1 cm³/mol. The lowest BCUT2D eigenvalue weighted by atomic mass is 10.2. The van der Waals surface area contributed by atoms with Crippen LogP contribution < -0.4 is 4.74 Å². The molecule has 1 aliphatic heterocycles. The third kappa shape index (κ3) is 4.96. The van der Waals surface area contributed by atoms with Crippen LogP contribution in [-0.2, 0) is 4.74 Å². The Morgan fingerprint density at radius 1 is 1.09 bits per heavy atom. The number of carbonyl (C=O) groups is 1. The molecule has 1 aromatic rings. The third-order valence-corrected chi connectivity index (χ3v) is 3.82. The van der Waals surface area contributed by atoms with Gasteiger partial charge in [-0.15, -0.1) is 0 Å². The summed E-state index contributed by atoms with van der Waals surface area (Å²) in [5.74, 6) is 0.390. The monoisotopic (exact) mass is 310 g/mol. The highest BCUT2D eigenvalue weighted by atomic mass is 19.1. The minimum absolute atomic E-state index is 0.273. The molecule has 122 valence electrons. The molecule has 2 rings (SSSR count).